The van der Waals surface area contributed by atoms with Gasteiger partial charge in [0.15, 0.2) is 0 Å². The van der Waals surface area contributed by atoms with Gasteiger partial charge in [0.2, 0.25) is 11.8 Å². The molecule has 1 unspecified atom stereocenters. The van der Waals surface area contributed by atoms with Gasteiger partial charge in [0.05, 0.1) is 10.6 Å². The molecule has 0 radical (unpaired) electrons. The van der Waals surface area contributed by atoms with Crippen molar-refractivity contribution in [1.29, 1.82) is 0 Å². The van der Waals surface area contributed by atoms with Gasteiger partial charge in [-0.2, -0.15) is 0 Å². The Morgan fingerprint density at radius 3 is 2.25 bits per heavy atom. The summed E-state index contributed by atoms with van der Waals surface area (Å²) in [7, 11) is -4.10. The van der Waals surface area contributed by atoms with Crippen LogP contribution in [-0.2, 0) is 26.2 Å². The number of amides is 2. The van der Waals surface area contributed by atoms with Crippen molar-refractivity contribution in [3.8, 4) is 0 Å². The van der Waals surface area contributed by atoms with Crippen molar-refractivity contribution in [1.82, 2.24) is 10.2 Å². The van der Waals surface area contributed by atoms with Gasteiger partial charge in [-0.05, 0) is 75.6 Å². The fraction of sp³-hybridized carbons (Fsp3) is 0.355. The Morgan fingerprint density at radius 2 is 1.62 bits per heavy atom. The number of benzene rings is 3. The first kappa shape index (κ1) is 31.4. The number of nitrogens with zero attached hydrogens (tertiary/aromatic N) is 2. The van der Waals surface area contributed by atoms with E-state index < -0.39 is 28.5 Å². The highest BCUT2D eigenvalue weighted by Gasteiger charge is 2.33. The number of nitrogens with one attached hydrogen (secondary N) is 1. The van der Waals surface area contributed by atoms with Gasteiger partial charge in [-0.1, -0.05) is 76.8 Å². The summed E-state index contributed by atoms with van der Waals surface area (Å²) in [5.74, 6) is -0.759. The minimum Gasteiger partial charge on any atom is -0.354 e. The van der Waals surface area contributed by atoms with Gasteiger partial charge in [-0.15, -0.1) is 0 Å². The molecule has 3 rings (SSSR count). The molecule has 0 aromatic heterocycles. The molecule has 0 bridgehead atoms. The molecule has 3 aromatic carbocycles. The molecule has 0 aliphatic heterocycles. The maximum absolute atomic E-state index is 14.0. The molecule has 0 aliphatic carbocycles. The van der Waals surface area contributed by atoms with Gasteiger partial charge in [0.1, 0.15) is 12.6 Å². The zero-order chi connectivity index (χ0) is 29.4. The smallest absolute Gasteiger partial charge is 0.264 e. The van der Waals surface area contributed by atoms with E-state index in [0.29, 0.717) is 12.2 Å². The van der Waals surface area contributed by atoms with Crippen LogP contribution in [0.4, 0.5) is 5.69 Å². The highest BCUT2D eigenvalue weighted by Crippen LogP contribution is 2.28. The van der Waals surface area contributed by atoms with E-state index in [4.69, 9.17) is 0 Å². The second-order valence-corrected chi connectivity index (χ2v) is 12.9. The van der Waals surface area contributed by atoms with E-state index in [1.54, 1.807) is 37.3 Å². The van der Waals surface area contributed by atoms with Crippen LogP contribution in [-0.4, -0.2) is 44.3 Å². The number of anilines is 1. The van der Waals surface area contributed by atoms with Crippen molar-refractivity contribution < 1.29 is 18.0 Å². The molecule has 3 aromatic rings. The van der Waals surface area contributed by atoms with Gasteiger partial charge in [-0.25, -0.2) is 8.42 Å². The van der Waals surface area contributed by atoms with Crippen LogP contribution in [0.2, 0.25) is 0 Å². The van der Waals surface area contributed by atoms with Crippen molar-refractivity contribution >= 4 is 43.5 Å². The van der Waals surface area contributed by atoms with Gasteiger partial charge >= 0.3 is 0 Å². The molecule has 0 saturated heterocycles. The molecule has 1 N–H and O–H groups in total. The van der Waals surface area contributed by atoms with E-state index in [-0.39, 0.29) is 17.3 Å². The highest BCUT2D eigenvalue weighted by molar-refractivity contribution is 9.10. The number of aryl methyl sites for hydroxylation is 3. The van der Waals surface area contributed by atoms with Gasteiger partial charge in [0, 0.05) is 17.6 Å². The third-order valence-electron chi connectivity index (χ3n) is 6.75. The quantitative estimate of drug-likeness (QED) is 0.253. The van der Waals surface area contributed by atoms with E-state index in [9.17, 15) is 18.0 Å². The molecule has 7 nitrogen and oxygen atoms in total. The number of halogens is 1. The molecule has 0 spiro atoms. The SMILES string of the molecule is CCCCNC(=O)C(C)N(Cc1cccc(Br)c1)C(=O)CN(c1ccc(C)cc1C)S(=O)(=O)c1ccc(C)cc1. The molecule has 9 heteroatoms. The lowest BCUT2D eigenvalue weighted by Crippen LogP contribution is -2.51. The molecule has 1 atom stereocenters. The lowest BCUT2D eigenvalue weighted by atomic mass is 10.1. The first-order valence-electron chi connectivity index (χ1n) is 13.4. The number of carbonyl (C=O) groups excluding carboxylic acids is 2. The van der Waals surface area contributed by atoms with Crippen molar-refractivity contribution in [2.24, 2.45) is 0 Å². The summed E-state index contributed by atoms with van der Waals surface area (Å²) in [4.78, 5) is 28.6. The minimum atomic E-state index is -4.10. The molecule has 40 heavy (non-hydrogen) atoms. The fourth-order valence-electron chi connectivity index (χ4n) is 4.39. The monoisotopic (exact) mass is 627 g/mol. The van der Waals surface area contributed by atoms with Crippen LogP contribution >= 0.6 is 15.9 Å². The highest BCUT2D eigenvalue weighted by atomic mass is 79.9. The predicted octanol–water partition coefficient (Wildman–Crippen LogP) is 5.90. The van der Waals surface area contributed by atoms with Crippen LogP contribution in [0, 0.1) is 20.8 Å². The van der Waals surface area contributed by atoms with Crippen LogP contribution in [0.3, 0.4) is 0 Å². The Labute approximate surface area is 246 Å². The van der Waals surface area contributed by atoms with Gasteiger partial charge in [0.25, 0.3) is 10.0 Å². The molecular formula is C31H38BrN3O4S. The van der Waals surface area contributed by atoms with Crippen LogP contribution in [0.15, 0.2) is 76.1 Å². The Morgan fingerprint density at radius 1 is 0.950 bits per heavy atom. The minimum absolute atomic E-state index is 0.0924. The molecule has 0 fully saturated rings. The summed E-state index contributed by atoms with van der Waals surface area (Å²) < 4.78 is 30.0. The average molecular weight is 629 g/mol. The number of hydrogen-bond donors (Lipinski definition) is 1. The zero-order valence-corrected chi connectivity index (χ0v) is 26.2. The van der Waals surface area contributed by atoms with Gasteiger partial charge in [-0.3, -0.25) is 13.9 Å². The largest absolute Gasteiger partial charge is 0.354 e. The summed E-state index contributed by atoms with van der Waals surface area (Å²) in [6.45, 7) is 9.55. The van der Waals surface area contributed by atoms with Gasteiger partial charge < -0.3 is 10.2 Å². The molecular weight excluding hydrogens is 590 g/mol. The Kier molecular flexibility index (Phi) is 10.9. The Hall–Kier alpha value is -3.17. The number of sulfonamides is 1. The molecule has 0 saturated carbocycles. The van der Waals surface area contributed by atoms with Crippen molar-refractivity contribution in [2.45, 2.75) is 64.9 Å². The van der Waals surface area contributed by atoms with Crippen LogP contribution in [0.5, 0.6) is 0 Å². The summed E-state index contributed by atoms with van der Waals surface area (Å²) in [6.07, 6.45) is 1.75. The van der Waals surface area contributed by atoms with E-state index in [0.717, 1.165) is 43.9 Å². The van der Waals surface area contributed by atoms with E-state index in [1.807, 2.05) is 64.1 Å². The maximum atomic E-state index is 14.0. The average Bonchev–Trinajstić information content (AvgIpc) is 2.90. The second-order valence-electron chi connectivity index (χ2n) is 10.1. The summed E-state index contributed by atoms with van der Waals surface area (Å²) >= 11 is 3.47. The van der Waals surface area contributed by atoms with Crippen LogP contribution in [0.1, 0.15) is 48.9 Å². The summed E-state index contributed by atoms with van der Waals surface area (Å²) in [6, 6.07) is 18.7. The first-order chi connectivity index (χ1) is 18.9. The third kappa shape index (κ3) is 7.95. The predicted molar refractivity (Wildman–Crippen MR) is 164 cm³/mol. The number of carbonyl (C=O) groups is 2. The molecule has 214 valence electrons. The normalized spacial score (nSPS) is 12.1. The lowest BCUT2D eigenvalue weighted by molar-refractivity contribution is -0.139. The molecule has 0 heterocycles. The van der Waals surface area contributed by atoms with Crippen molar-refractivity contribution in [2.75, 3.05) is 17.4 Å². The number of rotatable bonds is 12. The number of unbranched alkanes of at least 4 members (excludes halogenated alkanes) is 1. The third-order valence-corrected chi connectivity index (χ3v) is 9.01. The summed E-state index contributed by atoms with van der Waals surface area (Å²) in [5.41, 5.74) is 3.87. The fourth-order valence-corrected chi connectivity index (χ4v) is 6.31. The first-order valence-corrected chi connectivity index (χ1v) is 15.7. The Balaban J connectivity index is 2.04. The number of hydrogen-bond acceptors (Lipinski definition) is 4. The second kappa shape index (κ2) is 13.9. The van der Waals surface area contributed by atoms with E-state index in [1.165, 1.54) is 4.90 Å². The topological polar surface area (TPSA) is 86.8 Å². The molecule has 2 amide bonds. The standard InChI is InChI=1S/C31H38BrN3O4S/c1-6-7-17-33-31(37)25(5)34(20-26-9-8-10-27(32)19-26)30(36)21-35(29-16-13-23(3)18-24(29)4)40(38,39)28-14-11-22(2)12-15-28/h8-16,18-19,25H,6-7,17,20-21H2,1-5H3,(H,33,37). The molecule has 0 aliphatic rings. The van der Waals surface area contributed by atoms with E-state index >= 15 is 0 Å². The van der Waals surface area contributed by atoms with Crippen LogP contribution < -0.4 is 9.62 Å². The summed E-state index contributed by atoms with van der Waals surface area (Å²) in [5, 5.41) is 2.90. The maximum Gasteiger partial charge on any atom is 0.264 e. The Bertz CT molecular complexity index is 1440. The van der Waals surface area contributed by atoms with Crippen molar-refractivity contribution in [3.63, 3.8) is 0 Å². The van der Waals surface area contributed by atoms with Crippen LogP contribution in [0.25, 0.3) is 0 Å². The zero-order valence-electron chi connectivity index (χ0n) is 23.8. The van der Waals surface area contributed by atoms with E-state index in [2.05, 4.69) is 21.2 Å². The van der Waals surface area contributed by atoms with Crippen molar-refractivity contribution in [3.05, 3.63) is 93.5 Å². The lowest BCUT2D eigenvalue weighted by Gasteiger charge is -2.32.